The predicted octanol–water partition coefficient (Wildman–Crippen LogP) is 1.84. The van der Waals surface area contributed by atoms with Crippen LogP contribution in [0.25, 0.3) is 0 Å². The average Bonchev–Trinajstić information content (AvgIpc) is 2.98. The van der Waals surface area contributed by atoms with Gasteiger partial charge < -0.3 is 15.0 Å². The third-order valence-electron chi connectivity index (χ3n) is 3.55. The lowest BCUT2D eigenvalue weighted by Gasteiger charge is -2.23. The molecule has 0 radical (unpaired) electrons. The van der Waals surface area contributed by atoms with Crippen LogP contribution < -0.4 is 5.32 Å². The SMILES string of the molecule is CN(C(=O)CCOCc1ccccc1)C1CCNC1.Cl. The van der Waals surface area contributed by atoms with Crippen molar-refractivity contribution < 1.29 is 9.53 Å². The highest BCUT2D eigenvalue weighted by Crippen LogP contribution is 2.08. The lowest BCUT2D eigenvalue weighted by Crippen LogP contribution is -2.38. The van der Waals surface area contributed by atoms with Gasteiger partial charge in [-0.3, -0.25) is 4.79 Å². The largest absolute Gasteiger partial charge is 0.376 e. The highest BCUT2D eigenvalue weighted by atomic mass is 35.5. The summed E-state index contributed by atoms with van der Waals surface area (Å²) in [6.07, 6.45) is 1.51. The highest BCUT2D eigenvalue weighted by molar-refractivity contribution is 5.85. The number of benzene rings is 1. The van der Waals surface area contributed by atoms with E-state index in [-0.39, 0.29) is 18.3 Å². The van der Waals surface area contributed by atoms with Crippen molar-refractivity contribution in [2.75, 3.05) is 26.7 Å². The number of rotatable bonds is 6. The Morgan fingerprint density at radius 1 is 1.40 bits per heavy atom. The number of carbonyl (C=O) groups is 1. The molecule has 0 aromatic heterocycles. The second-order valence-electron chi connectivity index (χ2n) is 4.94. The van der Waals surface area contributed by atoms with Gasteiger partial charge in [0.1, 0.15) is 0 Å². The van der Waals surface area contributed by atoms with E-state index in [2.05, 4.69) is 5.32 Å². The van der Waals surface area contributed by atoms with Gasteiger partial charge in [0.2, 0.25) is 5.91 Å². The van der Waals surface area contributed by atoms with Gasteiger partial charge >= 0.3 is 0 Å². The molecule has 1 fully saturated rings. The molecule has 0 saturated carbocycles. The maximum Gasteiger partial charge on any atom is 0.224 e. The maximum absolute atomic E-state index is 12.0. The summed E-state index contributed by atoms with van der Waals surface area (Å²) in [7, 11) is 1.89. The van der Waals surface area contributed by atoms with Crippen molar-refractivity contribution in [3.05, 3.63) is 35.9 Å². The van der Waals surface area contributed by atoms with E-state index in [0.717, 1.165) is 25.1 Å². The minimum atomic E-state index is 0. The smallest absolute Gasteiger partial charge is 0.224 e. The lowest BCUT2D eigenvalue weighted by molar-refractivity contribution is -0.132. The zero-order chi connectivity index (χ0) is 13.5. The Bertz CT molecular complexity index is 394. The van der Waals surface area contributed by atoms with Gasteiger partial charge in [0.05, 0.1) is 19.6 Å². The molecule has 20 heavy (non-hydrogen) atoms. The minimum Gasteiger partial charge on any atom is -0.376 e. The third kappa shape index (κ3) is 5.12. The average molecular weight is 299 g/mol. The molecule has 0 aliphatic carbocycles. The van der Waals surface area contributed by atoms with Gasteiger partial charge in [-0.05, 0) is 18.5 Å². The van der Waals surface area contributed by atoms with Crippen molar-refractivity contribution in [2.45, 2.75) is 25.5 Å². The van der Waals surface area contributed by atoms with E-state index in [9.17, 15) is 4.79 Å². The third-order valence-corrected chi connectivity index (χ3v) is 3.55. The second-order valence-corrected chi connectivity index (χ2v) is 4.94. The predicted molar refractivity (Wildman–Crippen MR) is 82.0 cm³/mol. The van der Waals surface area contributed by atoms with E-state index < -0.39 is 0 Å². The summed E-state index contributed by atoms with van der Waals surface area (Å²) >= 11 is 0. The summed E-state index contributed by atoms with van der Waals surface area (Å²) in [6.45, 7) is 2.97. The normalized spacial score (nSPS) is 17.6. The fourth-order valence-electron chi connectivity index (χ4n) is 2.27. The number of carbonyl (C=O) groups excluding carboxylic acids is 1. The van der Waals surface area contributed by atoms with Crippen molar-refractivity contribution in [2.24, 2.45) is 0 Å². The number of halogens is 1. The number of ether oxygens (including phenoxy) is 1. The van der Waals surface area contributed by atoms with Crippen LogP contribution in [0.15, 0.2) is 30.3 Å². The Hall–Kier alpha value is -1.10. The van der Waals surface area contributed by atoms with Crippen LogP contribution in [-0.2, 0) is 16.1 Å². The first kappa shape index (κ1) is 17.0. The Morgan fingerprint density at radius 2 is 2.15 bits per heavy atom. The molecule has 2 rings (SSSR count). The first-order chi connectivity index (χ1) is 9.27. The van der Waals surface area contributed by atoms with Crippen molar-refractivity contribution in [1.29, 1.82) is 0 Å². The van der Waals surface area contributed by atoms with Crippen LogP contribution in [0.4, 0.5) is 0 Å². The molecule has 1 aromatic carbocycles. The number of amides is 1. The Labute approximate surface area is 126 Å². The second kappa shape index (κ2) is 8.95. The molecule has 1 aliphatic rings. The van der Waals surface area contributed by atoms with Gasteiger partial charge in [0.25, 0.3) is 0 Å². The zero-order valence-electron chi connectivity index (χ0n) is 11.9. The molecule has 0 spiro atoms. The summed E-state index contributed by atoms with van der Waals surface area (Å²) in [6, 6.07) is 10.4. The van der Waals surface area contributed by atoms with Gasteiger partial charge in [-0.1, -0.05) is 30.3 Å². The monoisotopic (exact) mass is 298 g/mol. The van der Waals surface area contributed by atoms with Crippen molar-refractivity contribution >= 4 is 18.3 Å². The van der Waals surface area contributed by atoms with Crippen LogP contribution in [-0.4, -0.2) is 43.6 Å². The first-order valence-corrected chi connectivity index (χ1v) is 6.85. The summed E-state index contributed by atoms with van der Waals surface area (Å²) in [5.41, 5.74) is 1.14. The van der Waals surface area contributed by atoms with Gasteiger partial charge in [0, 0.05) is 19.6 Å². The van der Waals surface area contributed by atoms with Gasteiger partial charge in [-0.25, -0.2) is 0 Å². The molecule has 4 nitrogen and oxygen atoms in total. The molecule has 1 aliphatic heterocycles. The summed E-state index contributed by atoms with van der Waals surface area (Å²) in [5.74, 6) is 0.168. The summed E-state index contributed by atoms with van der Waals surface area (Å²) < 4.78 is 5.54. The molecule has 1 heterocycles. The van der Waals surface area contributed by atoms with Crippen LogP contribution in [0.2, 0.25) is 0 Å². The van der Waals surface area contributed by atoms with E-state index in [0.29, 0.717) is 25.7 Å². The summed E-state index contributed by atoms with van der Waals surface area (Å²) in [5, 5.41) is 3.27. The molecule has 1 N–H and O–H groups in total. The fraction of sp³-hybridized carbons (Fsp3) is 0.533. The fourth-order valence-corrected chi connectivity index (χ4v) is 2.27. The minimum absolute atomic E-state index is 0. The molecule has 112 valence electrons. The maximum atomic E-state index is 12.0. The van der Waals surface area contributed by atoms with Gasteiger partial charge in [-0.15, -0.1) is 12.4 Å². The Morgan fingerprint density at radius 3 is 2.80 bits per heavy atom. The first-order valence-electron chi connectivity index (χ1n) is 6.85. The molecular formula is C15H23ClN2O2. The van der Waals surface area contributed by atoms with Gasteiger partial charge in [0.15, 0.2) is 0 Å². The molecule has 1 unspecified atom stereocenters. The molecule has 1 atom stereocenters. The van der Waals surface area contributed by atoms with Gasteiger partial charge in [-0.2, -0.15) is 0 Å². The van der Waals surface area contributed by atoms with Crippen molar-refractivity contribution in [3.8, 4) is 0 Å². The van der Waals surface area contributed by atoms with E-state index >= 15 is 0 Å². The standard InChI is InChI=1S/C15H22N2O2.ClH/c1-17(14-7-9-16-11-14)15(18)8-10-19-12-13-5-3-2-4-6-13;/h2-6,14,16H,7-12H2,1H3;1H. The molecular weight excluding hydrogens is 276 g/mol. The number of hydrogen-bond acceptors (Lipinski definition) is 3. The Balaban J connectivity index is 0.00000200. The molecule has 1 saturated heterocycles. The summed E-state index contributed by atoms with van der Waals surface area (Å²) in [4.78, 5) is 13.8. The number of nitrogens with one attached hydrogen (secondary N) is 1. The van der Waals surface area contributed by atoms with Crippen molar-refractivity contribution in [3.63, 3.8) is 0 Å². The van der Waals surface area contributed by atoms with Crippen LogP contribution in [0.5, 0.6) is 0 Å². The van der Waals surface area contributed by atoms with Crippen LogP contribution in [0.1, 0.15) is 18.4 Å². The molecule has 1 aromatic rings. The lowest BCUT2D eigenvalue weighted by atomic mass is 10.2. The molecule has 0 bridgehead atoms. The van der Waals surface area contributed by atoms with E-state index in [1.807, 2.05) is 42.3 Å². The number of hydrogen-bond donors (Lipinski definition) is 1. The quantitative estimate of drug-likeness (QED) is 0.815. The van der Waals surface area contributed by atoms with Crippen molar-refractivity contribution in [1.82, 2.24) is 10.2 Å². The molecule has 1 amide bonds. The molecule has 5 heteroatoms. The topological polar surface area (TPSA) is 41.6 Å². The highest BCUT2D eigenvalue weighted by Gasteiger charge is 2.22. The van der Waals surface area contributed by atoms with Crippen LogP contribution in [0, 0.1) is 0 Å². The number of likely N-dealkylation sites (N-methyl/N-ethyl adjacent to an activating group) is 1. The van der Waals surface area contributed by atoms with Crippen LogP contribution >= 0.6 is 12.4 Å². The Kier molecular flexibility index (Phi) is 7.59. The van der Waals surface area contributed by atoms with E-state index in [4.69, 9.17) is 4.74 Å². The van der Waals surface area contributed by atoms with E-state index in [1.165, 1.54) is 0 Å². The van der Waals surface area contributed by atoms with E-state index in [1.54, 1.807) is 0 Å². The number of nitrogens with zero attached hydrogens (tertiary/aromatic N) is 1. The zero-order valence-corrected chi connectivity index (χ0v) is 12.7. The van der Waals surface area contributed by atoms with Crippen LogP contribution in [0.3, 0.4) is 0 Å².